The minimum absolute atomic E-state index is 0.115. The zero-order chi connectivity index (χ0) is 17.1. The van der Waals surface area contributed by atoms with Gasteiger partial charge < -0.3 is 9.73 Å². The number of nitrogens with one attached hydrogen (secondary N) is 1. The van der Waals surface area contributed by atoms with E-state index >= 15 is 0 Å². The third-order valence-corrected chi connectivity index (χ3v) is 3.79. The van der Waals surface area contributed by atoms with Crippen LogP contribution in [-0.2, 0) is 11.2 Å². The maximum Gasteiger partial charge on any atom is 0.230 e. The van der Waals surface area contributed by atoms with Crippen LogP contribution >= 0.6 is 0 Å². The smallest absolute Gasteiger partial charge is 0.230 e. The standard InChI is InChI=1S/C19H19N3O2/c1-12-6-7-16(13(2)9-12)21-18(23)10-17-14(3)24-19(22-17)15-5-4-8-20-11-15/h4-9,11H,10H2,1-3H3,(H,21,23). The number of pyridine rings is 1. The molecule has 0 fully saturated rings. The molecule has 2 aromatic heterocycles. The summed E-state index contributed by atoms with van der Waals surface area (Å²) in [5.74, 6) is 1.01. The first-order valence-electron chi connectivity index (χ1n) is 7.77. The third kappa shape index (κ3) is 3.51. The number of hydrogen-bond acceptors (Lipinski definition) is 4. The molecule has 1 aromatic carbocycles. The third-order valence-electron chi connectivity index (χ3n) is 3.79. The summed E-state index contributed by atoms with van der Waals surface area (Å²) in [7, 11) is 0. The van der Waals surface area contributed by atoms with Crippen molar-refractivity contribution >= 4 is 11.6 Å². The summed E-state index contributed by atoms with van der Waals surface area (Å²) in [6.07, 6.45) is 3.55. The Balaban J connectivity index is 1.74. The maximum absolute atomic E-state index is 12.3. The molecule has 24 heavy (non-hydrogen) atoms. The molecule has 1 amide bonds. The molecule has 0 atom stereocenters. The van der Waals surface area contributed by atoms with Crippen LogP contribution < -0.4 is 5.32 Å². The van der Waals surface area contributed by atoms with Crippen LogP contribution in [0.25, 0.3) is 11.5 Å². The van der Waals surface area contributed by atoms with Gasteiger partial charge in [0, 0.05) is 18.1 Å². The molecular weight excluding hydrogens is 302 g/mol. The van der Waals surface area contributed by atoms with Crippen molar-refractivity contribution in [3.05, 3.63) is 65.3 Å². The zero-order valence-corrected chi connectivity index (χ0v) is 14.0. The Kier molecular flexibility index (Phi) is 4.42. The summed E-state index contributed by atoms with van der Waals surface area (Å²) in [4.78, 5) is 20.8. The number of carbonyl (C=O) groups is 1. The molecule has 1 N–H and O–H groups in total. The normalized spacial score (nSPS) is 10.6. The molecule has 0 aliphatic heterocycles. The van der Waals surface area contributed by atoms with E-state index in [-0.39, 0.29) is 12.3 Å². The predicted octanol–water partition coefficient (Wildman–Crippen LogP) is 3.84. The number of nitrogens with zero attached hydrogens (tertiary/aromatic N) is 2. The zero-order valence-electron chi connectivity index (χ0n) is 14.0. The second-order valence-corrected chi connectivity index (χ2v) is 5.81. The van der Waals surface area contributed by atoms with Gasteiger partial charge in [0.05, 0.1) is 17.7 Å². The van der Waals surface area contributed by atoms with Gasteiger partial charge in [-0.1, -0.05) is 17.7 Å². The molecule has 0 saturated heterocycles. The molecule has 2 heterocycles. The van der Waals surface area contributed by atoms with Gasteiger partial charge in [0.15, 0.2) is 0 Å². The Labute approximate surface area is 140 Å². The summed E-state index contributed by atoms with van der Waals surface area (Å²) >= 11 is 0. The maximum atomic E-state index is 12.3. The van der Waals surface area contributed by atoms with Gasteiger partial charge in [0.2, 0.25) is 11.8 Å². The SMILES string of the molecule is Cc1ccc(NC(=O)Cc2nc(-c3cccnc3)oc2C)c(C)c1. The quantitative estimate of drug-likeness (QED) is 0.792. The number of carbonyl (C=O) groups excluding carboxylic acids is 1. The van der Waals surface area contributed by atoms with Crippen molar-refractivity contribution in [1.29, 1.82) is 0 Å². The number of amides is 1. The lowest BCUT2D eigenvalue weighted by molar-refractivity contribution is -0.115. The van der Waals surface area contributed by atoms with Crippen molar-refractivity contribution in [2.75, 3.05) is 5.32 Å². The second kappa shape index (κ2) is 6.66. The van der Waals surface area contributed by atoms with Gasteiger partial charge in [-0.15, -0.1) is 0 Å². The van der Waals surface area contributed by atoms with E-state index in [2.05, 4.69) is 15.3 Å². The number of aromatic nitrogens is 2. The summed E-state index contributed by atoms with van der Waals surface area (Å²) in [6, 6.07) is 9.63. The average Bonchev–Trinajstić information content (AvgIpc) is 2.92. The van der Waals surface area contributed by atoms with E-state index in [1.165, 1.54) is 5.56 Å². The molecule has 5 nitrogen and oxygen atoms in total. The van der Waals surface area contributed by atoms with Crippen LogP contribution in [0.4, 0.5) is 5.69 Å². The first kappa shape index (κ1) is 15.9. The van der Waals surface area contributed by atoms with Gasteiger partial charge >= 0.3 is 0 Å². The second-order valence-electron chi connectivity index (χ2n) is 5.81. The fraction of sp³-hybridized carbons (Fsp3) is 0.211. The van der Waals surface area contributed by atoms with Crippen molar-refractivity contribution in [1.82, 2.24) is 9.97 Å². The van der Waals surface area contributed by atoms with Crippen LogP contribution in [0.15, 0.2) is 47.1 Å². The first-order chi connectivity index (χ1) is 11.5. The summed E-state index contributed by atoms with van der Waals surface area (Å²) in [5.41, 5.74) is 4.45. The molecule has 0 aliphatic carbocycles. The molecule has 3 aromatic rings. The number of oxazole rings is 1. The van der Waals surface area contributed by atoms with E-state index in [0.29, 0.717) is 17.3 Å². The van der Waals surface area contributed by atoms with Crippen molar-refractivity contribution in [2.24, 2.45) is 0 Å². The Morgan fingerprint density at radius 2 is 2.04 bits per heavy atom. The summed E-state index contributed by atoms with van der Waals surface area (Å²) in [5, 5.41) is 2.93. The van der Waals surface area contributed by atoms with E-state index in [9.17, 15) is 4.79 Å². The molecule has 5 heteroatoms. The largest absolute Gasteiger partial charge is 0.441 e. The van der Waals surface area contributed by atoms with E-state index in [1.807, 2.05) is 51.1 Å². The van der Waals surface area contributed by atoms with Crippen molar-refractivity contribution in [2.45, 2.75) is 27.2 Å². The minimum Gasteiger partial charge on any atom is -0.441 e. The van der Waals surface area contributed by atoms with Crippen molar-refractivity contribution < 1.29 is 9.21 Å². The fourth-order valence-corrected chi connectivity index (χ4v) is 2.51. The average molecular weight is 321 g/mol. The van der Waals surface area contributed by atoms with Crippen LogP contribution in [-0.4, -0.2) is 15.9 Å². The summed E-state index contributed by atoms with van der Waals surface area (Å²) in [6.45, 7) is 5.81. The topological polar surface area (TPSA) is 68.0 Å². The highest BCUT2D eigenvalue weighted by molar-refractivity contribution is 5.92. The Bertz CT molecular complexity index is 870. The molecule has 0 saturated carbocycles. The van der Waals surface area contributed by atoms with Gasteiger partial charge in [-0.05, 0) is 44.5 Å². The van der Waals surface area contributed by atoms with E-state index in [0.717, 1.165) is 16.8 Å². The number of hydrogen-bond donors (Lipinski definition) is 1. The molecule has 3 rings (SSSR count). The Hall–Kier alpha value is -2.95. The first-order valence-corrected chi connectivity index (χ1v) is 7.77. The van der Waals surface area contributed by atoms with Gasteiger partial charge in [-0.25, -0.2) is 4.98 Å². The number of rotatable bonds is 4. The molecule has 0 bridgehead atoms. The lowest BCUT2D eigenvalue weighted by Crippen LogP contribution is -2.16. The molecule has 0 unspecified atom stereocenters. The number of anilines is 1. The predicted molar refractivity (Wildman–Crippen MR) is 92.7 cm³/mol. The van der Waals surface area contributed by atoms with E-state index in [1.54, 1.807) is 12.4 Å². The van der Waals surface area contributed by atoms with E-state index < -0.39 is 0 Å². The highest BCUT2D eigenvalue weighted by atomic mass is 16.4. The van der Waals surface area contributed by atoms with Crippen LogP contribution in [0.5, 0.6) is 0 Å². The van der Waals surface area contributed by atoms with Crippen molar-refractivity contribution in [3.63, 3.8) is 0 Å². The minimum atomic E-state index is -0.115. The molecule has 0 aliphatic rings. The fourth-order valence-electron chi connectivity index (χ4n) is 2.51. The highest BCUT2D eigenvalue weighted by Gasteiger charge is 2.15. The van der Waals surface area contributed by atoms with Gasteiger partial charge in [-0.3, -0.25) is 9.78 Å². The van der Waals surface area contributed by atoms with Gasteiger partial charge in [0.1, 0.15) is 5.76 Å². The van der Waals surface area contributed by atoms with Crippen LogP contribution in [0.2, 0.25) is 0 Å². The lowest BCUT2D eigenvalue weighted by atomic mass is 10.1. The monoisotopic (exact) mass is 321 g/mol. The Morgan fingerprint density at radius 1 is 1.21 bits per heavy atom. The number of aryl methyl sites for hydroxylation is 3. The molecule has 0 radical (unpaired) electrons. The molecule has 122 valence electrons. The molecular formula is C19H19N3O2. The lowest BCUT2D eigenvalue weighted by Gasteiger charge is -2.08. The number of benzene rings is 1. The van der Waals surface area contributed by atoms with Crippen LogP contribution in [0.1, 0.15) is 22.6 Å². The highest BCUT2D eigenvalue weighted by Crippen LogP contribution is 2.22. The molecule has 0 spiro atoms. The van der Waals surface area contributed by atoms with Gasteiger partial charge in [-0.2, -0.15) is 0 Å². The Morgan fingerprint density at radius 3 is 2.75 bits per heavy atom. The van der Waals surface area contributed by atoms with Crippen LogP contribution in [0.3, 0.4) is 0 Å². The van der Waals surface area contributed by atoms with Crippen molar-refractivity contribution in [3.8, 4) is 11.5 Å². The summed E-state index contributed by atoms with van der Waals surface area (Å²) < 4.78 is 5.66. The van der Waals surface area contributed by atoms with Crippen LogP contribution in [0, 0.1) is 20.8 Å². The van der Waals surface area contributed by atoms with Gasteiger partial charge in [0.25, 0.3) is 0 Å². The van der Waals surface area contributed by atoms with E-state index in [4.69, 9.17) is 4.42 Å².